The molecule has 1 fully saturated rings. The number of nitrogens with two attached hydrogens (primary N) is 1. The zero-order chi connectivity index (χ0) is 13.0. The number of rotatable bonds is 6. The van der Waals surface area contributed by atoms with Crippen LogP contribution >= 0.6 is 11.8 Å². The second-order valence-corrected chi connectivity index (χ2v) is 5.94. The lowest BCUT2D eigenvalue weighted by Crippen LogP contribution is -2.27. The van der Waals surface area contributed by atoms with E-state index in [-0.39, 0.29) is 11.9 Å². The zero-order valence-corrected chi connectivity index (χ0v) is 11.5. The summed E-state index contributed by atoms with van der Waals surface area (Å²) in [6, 6.07) is 8.16. The molecule has 4 heteroatoms. The van der Waals surface area contributed by atoms with Gasteiger partial charge in [0.05, 0.1) is 5.75 Å². The van der Waals surface area contributed by atoms with Gasteiger partial charge in [-0.1, -0.05) is 12.1 Å². The molecule has 0 bridgehead atoms. The first-order chi connectivity index (χ1) is 8.65. The van der Waals surface area contributed by atoms with Crippen LogP contribution in [0.3, 0.4) is 0 Å². The Morgan fingerprint density at radius 3 is 2.67 bits per heavy atom. The maximum Gasteiger partial charge on any atom is 0.230 e. The molecule has 0 aliphatic heterocycles. The molecule has 1 aromatic carbocycles. The molecule has 3 nitrogen and oxygen atoms in total. The molecule has 18 heavy (non-hydrogen) atoms. The molecule has 0 spiro atoms. The van der Waals surface area contributed by atoms with Crippen LogP contribution in [0.25, 0.3) is 0 Å². The fraction of sp³-hybridized carbons (Fsp3) is 0.500. The van der Waals surface area contributed by atoms with Gasteiger partial charge in [-0.3, -0.25) is 4.79 Å². The van der Waals surface area contributed by atoms with Crippen molar-refractivity contribution < 1.29 is 4.79 Å². The van der Waals surface area contributed by atoms with Crippen molar-refractivity contribution in [1.82, 2.24) is 5.32 Å². The van der Waals surface area contributed by atoms with E-state index in [1.807, 2.05) is 31.2 Å². The van der Waals surface area contributed by atoms with Gasteiger partial charge in [0.25, 0.3) is 0 Å². The van der Waals surface area contributed by atoms with E-state index < -0.39 is 0 Å². The summed E-state index contributed by atoms with van der Waals surface area (Å²) >= 11 is 1.57. The summed E-state index contributed by atoms with van der Waals surface area (Å²) in [7, 11) is 0. The molecule has 1 aliphatic rings. The largest absolute Gasteiger partial charge is 0.355 e. The van der Waals surface area contributed by atoms with Crippen LogP contribution in [0.5, 0.6) is 0 Å². The molecule has 2 rings (SSSR count). The highest BCUT2D eigenvalue weighted by atomic mass is 32.2. The van der Waals surface area contributed by atoms with Crippen LogP contribution < -0.4 is 11.1 Å². The van der Waals surface area contributed by atoms with Gasteiger partial charge in [-0.15, -0.1) is 11.8 Å². The van der Waals surface area contributed by atoms with E-state index in [0.717, 1.165) is 22.9 Å². The third-order valence-electron chi connectivity index (χ3n) is 3.06. The molecule has 1 unspecified atom stereocenters. The van der Waals surface area contributed by atoms with E-state index in [1.54, 1.807) is 11.8 Å². The predicted molar refractivity (Wildman–Crippen MR) is 75.5 cm³/mol. The Morgan fingerprint density at radius 1 is 1.44 bits per heavy atom. The highest BCUT2D eigenvalue weighted by molar-refractivity contribution is 8.00. The van der Waals surface area contributed by atoms with Crippen LogP contribution in [0.2, 0.25) is 0 Å². The fourth-order valence-electron chi connectivity index (χ4n) is 1.65. The first-order valence-corrected chi connectivity index (χ1v) is 7.39. The number of carbonyl (C=O) groups excluding carboxylic acids is 1. The van der Waals surface area contributed by atoms with Crippen molar-refractivity contribution in [3.63, 3.8) is 0 Å². The Morgan fingerprint density at radius 2 is 2.11 bits per heavy atom. The summed E-state index contributed by atoms with van der Waals surface area (Å²) in [5.41, 5.74) is 6.91. The van der Waals surface area contributed by atoms with E-state index in [2.05, 4.69) is 5.32 Å². The van der Waals surface area contributed by atoms with Crippen molar-refractivity contribution in [2.75, 3.05) is 12.3 Å². The Labute approximate surface area is 113 Å². The lowest BCUT2D eigenvalue weighted by molar-refractivity contribution is -0.118. The molecule has 1 aliphatic carbocycles. The monoisotopic (exact) mass is 264 g/mol. The van der Waals surface area contributed by atoms with Crippen molar-refractivity contribution in [1.29, 1.82) is 0 Å². The van der Waals surface area contributed by atoms with Crippen LogP contribution in [-0.2, 0) is 4.79 Å². The van der Waals surface area contributed by atoms with Crippen LogP contribution in [-0.4, -0.2) is 18.2 Å². The summed E-state index contributed by atoms with van der Waals surface area (Å²) in [5, 5.41) is 2.96. The van der Waals surface area contributed by atoms with Gasteiger partial charge in [0.15, 0.2) is 0 Å². The summed E-state index contributed by atoms with van der Waals surface area (Å²) in [6.45, 7) is 2.82. The number of carbonyl (C=O) groups is 1. The topological polar surface area (TPSA) is 55.1 Å². The van der Waals surface area contributed by atoms with Gasteiger partial charge in [0.2, 0.25) is 5.91 Å². The number of hydrogen-bond donors (Lipinski definition) is 2. The van der Waals surface area contributed by atoms with Crippen LogP contribution in [0.1, 0.15) is 31.4 Å². The summed E-state index contributed by atoms with van der Waals surface area (Å²) < 4.78 is 0. The molecular formula is C14H20N2OS. The summed E-state index contributed by atoms with van der Waals surface area (Å²) in [5.74, 6) is 1.36. The molecule has 0 radical (unpaired) electrons. The third-order valence-corrected chi connectivity index (χ3v) is 4.07. The van der Waals surface area contributed by atoms with Crippen molar-refractivity contribution in [2.45, 2.75) is 30.7 Å². The van der Waals surface area contributed by atoms with Crippen molar-refractivity contribution in [3.05, 3.63) is 29.8 Å². The molecule has 0 aromatic heterocycles. The third kappa shape index (κ3) is 4.35. The number of thioether (sulfide) groups is 1. The molecule has 98 valence electrons. The van der Waals surface area contributed by atoms with E-state index in [4.69, 9.17) is 5.73 Å². The van der Waals surface area contributed by atoms with Crippen molar-refractivity contribution in [2.24, 2.45) is 11.7 Å². The van der Waals surface area contributed by atoms with Gasteiger partial charge in [-0.25, -0.2) is 0 Å². The number of amides is 1. The van der Waals surface area contributed by atoms with Gasteiger partial charge in [0.1, 0.15) is 0 Å². The smallest absolute Gasteiger partial charge is 0.230 e. The van der Waals surface area contributed by atoms with E-state index in [0.29, 0.717) is 5.75 Å². The Balaban J connectivity index is 1.73. The minimum atomic E-state index is 0.0610. The van der Waals surface area contributed by atoms with Crippen LogP contribution in [0.4, 0.5) is 0 Å². The average molecular weight is 264 g/mol. The first-order valence-electron chi connectivity index (χ1n) is 6.40. The minimum absolute atomic E-state index is 0.0610. The summed E-state index contributed by atoms with van der Waals surface area (Å²) in [4.78, 5) is 12.7. The summed E-state index contributed by atoms with van der Waals surface area (Å²) in [6.07, 6.45) is 2.54. The molecular weight excluding hydrogens is 244 g/mol. The highest BCUT2D eigenvalue weighted by Crippen LogP contribution is 2.27. The minimum Gasteiger partial charge on any atom is -0.355 e. The Bertz CT molecular complexity index is 399. The number of hydrogen-bond acceptors (Lipinski definition) is 3. The highest BCUT2D eigenvalue weighted by Gasteiger charge is 2.21. The van der Waals surface area contributed by atoms with Crippen LogP contribution in [0.15, 0.2) is 29.2 Å². The van der Waals surface area contributed by atoms with Gasteiger partial charge in [-0.05, 0) is 43.4 Å². The maximum absolute atomic E-state index is 11.6. The van der Waals surface area contributed by atoms with Gasteiger partial charge >= 0.3 is 0 Å². The normalized spacial score (nSPS) is 16.3. The van der Waals surface area contributed by atoms with Crippen molar-refractivity contribution in [3.8, 4) is 0 Å². The molecule has 0 heterocycles. The Kier molecular flexibility index (Phi) is 4.66. The van der Waals surface area contributed by atoms with Gasteiger partial charge < -0.3 is 11.1 Å². The lowest BCUT2D eigenvalue weighted by Gasteiger charge is -2.07. The molecule has 1 amide bonds. The quantitative estimate of drug-likeness (QED) is 0.775. The van der Waals surface area contributed by atoms with Gasteiger partial charge in [0, 0.05) is 17.5 Å². The molecule has 1 atom stereocenters. The van der Waals surface area contributed by atoms with Gasteiger partial charge in [-0.2, -0.15) is 0 Å². The first kappa shape index (κ1) is 13.4. The maximum atomic E-state index is 11.6. The van der Waals surface area contributed by atoms with Crippen LogP contribution in [0, 0.1) is 5.92 Å². The van der Waals surface area contributed by atoms with E-state index in [1.165, 1.54) is 12.8 Å². The van der Waals surface area contributed by atoms with E-state index >= 15 is 0 Å². The fourth-order valence-corrected chi connectivity index (χ4v) is 2.38. The molecule has 1 aromatic rings. The second-order valence-electron chi connectivity index (χ2n) is 4.89. The van der Waals surface area contributed by atoms with E-state index in [9.17, 15) is 4.79 Å². The average Bonchev–Trinajstić information content (AvgIpc) is 3.18. The zero-order valence-electron chi connectivity index (χ0n) is 10.7. The second kappa shape index (κ2) is 6.25. The molecule has 3 N–H and O–H groups in total. The predicted octanol–water partition coefficient (Wildman–Crippen LogP) is 2.32. The standard InChI is InChI=1S/C14H20N2OS/c1-10(15)12-4-6-13(7-5-12)18-9-14(17)16-8-11-2-3-11/h4-7,10-11H,2-3,8-9,15H2,1H3,(H,16,17). The molecule has 1 saturated carbocycles. The SMILES string of the molecule is CC(N)c1ccc(SCC(=O)NCC2CC2)cc1. The Hall–Kier alpha value is -1.00. The number of nitrogens with one attached hydrogen (secondary N) is 1. The number of benzene rings is 1. The molecule has 0 saturated heterocycles. The van der Waals surface area contributed by atoms with Crippen molar-refractivity contribution >= 4 is 17.7 Å². The lowest BCUT2D eigenvalue weighted by atomic mass is 10.1.